The smallest absolute Gasteiger partial charge is 0.144 e. The summed E-state index contributed by atoms with van der Waals surface area (Å²) in [5, 5.41) is 8.19. The average Bonchev–Trinajstić information content (AvgIpc) is 4.07. The highest BCUT2D eigenvalue weighted by Gasteiger charge is 2.31. The maximum atomic E-state index is 7.25. The van der Waals surface area contributed by atoms with Gasteiger partial charge in [-0.15, -0.1) is 22.7 Å². The zero-order valence-electron chi connectivity index (χ0n) is 32.6. The van der Waals surface area contributed by atoms with Crippen molar-refractivity contribution in [2.75, 3.05) is 4.90 Å². The Morgan fingerprint density at radius 2 is 1.18 bits per heavy atom. The lowest BCUT2D eigenvalue weighted by Crippen LogP contribution is -2.10. The van der Waals surface area contributed by atoms with Crippen molar-refractivity contribution in [3.05, 3.63) is 192 Å². The number of nitrogens with zero attached hydrogens (tertiary/aromatic N) is 1. The van der Waals surface area contributed by atoms with Crippen LogP contribution in [-0.2, 0) is 0 Å². The summed E-state index contributed by atoms with van der Waals surface area (Å²) < 4.78 is 17.9. The van der Waals surface area contributed by atoms with Gasteiger partial charge in [-0.05, 0) is 94.6 Å². The number of hydrogen-bond donors (Lipinski definition) is 0. The molecule has 1 aliphatic rings. The highest BCUT2D eigenvalue weighted by atomic mass is 32.1. The lowest BCUT2D eigenvalue weighted by atomic mass is 9.83. The molecule has 0 aliphatic heterocycles. The van der Waals surface area contributed by atoms with Gasteiger partial charge in [0.15, 0.2) is 0 Å². The molecular formula is C55H35NO2S2. The number of anilines is 3. The van der Waals surface area contributed by atoms with E-state index in [2.05, 4.69) is 188 Å². The molecule has 1 aliphatic carbocycles. The molecule has 4 aromatic heterocycles. The minimum atomic E-state index is 0.413. The summed E-state index contributed by atoms with van der Waals surface area (Å²) in [6.07, 6.45) is 3.41. The molecule has 13 rings (SSSR count). The Hall–Kier alpha value is -6.92. The van der Waals surface area contributed by atoms with Crippen LogP contribution in [0.1, 0.15) is 35.3 Å². The molecule has 8 aromatic carbocycles. The van der Waals surface area contributed by atoms with Gasteiger partial charge in [-0.3, -0.25) is 0 Å². The maximum absolute atomic E-state index is 7.25. The van der Waals surface area contributed by atoms with E-state index >= 15 is 0 Å². The summed E-state index contributed by atoms with van der Waals surface area (Å²) in [4.78, 5) is 3.77. The van der Waals surface area contributed by atoms with Gasteiger partial charge in [0.1, 0.15) is 22.3 Å². The van der Waals surface area contributed by atoms with Crippen LogP contribution in [0.15, 0.2) is 185 Å². The molecule has 0 spiro atoms. The molecule has 60 heavy (non-hydrogen) atoms. The highest BCUT2D eigenvalue weighted by Crippen LogP contribution is 2.53. The van der Waals surface area contributed by atoms with E-state index in [0.717, 1.165) is 72.9 Å². The SMILES string of the molecule is CC1CC=C(c2c3oc4cccc(N(c5ccc(-c6ccccc6)cc5)c5cccc6c5sc5ccccc56)c4c3cc3oc4ccccc4c23)c2sc3ccccc3c21. The van der Waals surface area contributed by atoms with Crippen LogP contribution in [0.4, 0.5) is 17.1 Å². The summed E-state index contributed by atoms with van der Waals surface area (Å²) in [5.41, 5.74) is 12.9. The molecule has 5 heteroatoms. The van der Waals surface area contributed by atoms with E-state index in [4.69, 9.17) is 8.83 Å². The summed E-state index contributed by atoms with van der Waals surface area (Å²) in [7, 11) is 0. The van der Waals surface area contributed by atoms with E-state index in [9.17, 15) is 0 Å². The van der Waals surface area contributed by atoms with Gasteiger partial charge < -0.3 is 13.7 Å². The number of rotatable bonds is 5. The Kier molecular flexibility index (Phi) is 7.39. The van der Waals surface area contributed by atoms with Crippen LogP contribution in [0.25, 0.3) is 90.8 Å². The molecule has 284 valence electrons. The van der Waals surface area contributed by atoms with Gasteiger partial charge in [-0.1, -0.05) is 128 Å². The second kappa shape index (κ2) is 13.0. The van der Waals surface area contributed by atoms with Crippen molar-refractivity contribution in [2.45, 2.75) is 19.3 Å². The normalized spacial score (nSPS) is 14.3. The van der Waals surface area contributed by atoms with Crippen molar-refractivity contribution < 1.29 is 8.83 Å². The van der Waals surface area contributed by atoms with Crippen LogP contribution in [-0.4, -0.2) is 0 Å². The quantitative estimate of drug-likeness (QED) is 0.174. The number of hydrogen-bond acceptors (Lipinski definition) is 5. The lowest BCUT2D eigenvalue weighted by Gasteiger charge is -2.27. The monoisotopic (exact) mass is 805 g/mol. The number of furan rings is 2. The Labute approximate surface area is 353 Å². The van der Waals surface area contributed by atoms with Crippen molar-refractivity contribution in [3.8, 4) is 11.1 Å². The molecule has 0 fully saturated rings. The van der Waals surface area contributed by atoms with Crippen molar-refractivity contribution >= 4 is 119 Å². The fourth-order valence-electron chi connectivity index (χ4n) is 9.81. The molecule has 3 nitrogen and oxygen atoms in total. The van der Waals surface area contributed by atoms with Gasteiger partial charge in [0.25, 0.3) is 0 Å². The first kappa shape index (κ1) is 34.0. The Morgan fingerprint density at radius 3 is 2.03 bits per heavy atom. The molecule has 4 heterocycles. The fourth-order valence-corrected chi connectivity index (χ4v) is 12.4. The Balaban J connectivity index is 1.12. The van der Waals surface area contributed by atoms with Crippen LogP contribution in [0, 0.1) is 0 Å². The van der Waals surface area contributed by atoms with Crippen LogP contribution in [0.2, 0.25) is 0 Å². The number of fused-ring (bicyclic) bond motifs is 12. The standard InChI is InChI=1S/C55H35NO2S2/c1-32-25-30-40(55-49(32)39-17-7-10-24-48(39)60-55)52-51-38-16-5-8-21-44(38)57-46(51)31-41-50-42(19-12-22-45(50)58-53(41)52)56(35-28-26-34(27-29-35)33-13-3-2-4-14-33)43-20-11-18-37-36-15-6-9-23-47(36)59-54(37)43/h2-24,26-32H,25H2,1H3. The van der Waals surface area contributed by atoms with E-state index in [1.807, 2.05) is 22.7 Å². The van der Waals surface area contributed by atoms with E-state index in [1.54, 1.807) is 0 Å². The molecule has 0 bridgehead atoms. The first-order chi connectivity index (χ1) is 29.7. The average molecular weight is 806 g/mol. The van der Waals surface area contributed by atoms with Crippen molar-refractivity contribution in [2.24, 2.45) is 0 Å². The summed E-state index contributed by atoms with van der Waals surface area (Å²) in [6.45, 7) is 2.36. The van der Waals surface area contributed by atoms with Crippen molar-refractivity contribution in [1.82, 2.24) is 0 Å². The molecule has 0 saturated carbocycles. The van der Waals surface area contributed by atoms with Gasteiger partial charge in [-0.25, -0.2) is 0 Å². The summed E-state index contributed by atoms with van der Waals surface area (Å²) >= 11 is 3.75. The minimum absolute atomic E-state index is 0.413. The number of allylic oxidation sites excluding steroid dienone is 1. The predicted octanol–water partition coefficient (Wildman–Crippen LogP) is 17.1. The van der Waals surface area contributed by atoms with E-state index in [0.29, 0.717) is 5.92 Å². The van der Waals surface area contributed by atoms with Gasteiger partial charge in [-0.2, -0.15) is 0 Å². The first-order valence-corrected chi connectivity index (χ1v) is 22.2. The zero-order valence-corrected chi connectivity index (χ0v) is 34.2. The van der Waals surface area contributed by atoms with E-state index in [-0.39, 0.29) is 0 Å². The Bertz CT molecular complexity index is 3710. The molecular weight excluding hydrogens is 771 g/mol. The number of para-hydroxylation sites is 1. The minimum Gasteiger partial charge on any atom is -0.456 e. The summed E-state index contributed by atoms with van der Waals surface area (Å²) in [6, 6.07) is 61.2. The van der Waals surface area contributed by atoms with Gasteiger partial charge in [0, 0.05) is 52.5 Å². The van der Waals surface area contributed by atoms with E-state index < -0.39 is 0 Å². The largest absolute Gasteiger partial charge is 0.456 e. The maximum Gasteiger partial charge on any atom is 0.144 e. The number of thiophene rings is 2. The zero-order chi connectivity index (χ0) is 39.5. The van der Waals surface area contributed by atoms with Crippen LogP contribution < -0.4 is 4.90 Å². The summed E-state index contributed by atoms with van der Waals surface area (Å²) in [5.74, 6) is 0.413. The van der Waals surface area contributed by atoms with Crippen LogP contribution >= 0.6 is 22.7 Å². The third-order valence-electron chi connectivity index (χ3n) is 12.5. The second-order valence-corrected chi connectivity index (χ2v) is 18.1. The van der Waals surface area contributed by atoms with Crippen LogP contribution in [0.5, 0.6) is 0 Å². The lowest BCUT2D eigenvalue weighted by molar-refractivity contribution is 0.663. The van der Waals surface area contributed by atoms with Gasteiger partial charge in [0.05, 0.1) is 21.5 Å². The predicted molar refractivity (Wildman–Crippen MR) is 256 cm³/mol. The molecule has 0 saturated heterocycles. The van der Waals surface area contributed by atoms with Gasteiger partial charge >= 0.3 is 0 Å². The van der Waals surface area contributed by atoms with E-state index in [1.165, 1.54) is 57.4 Å². The molecule has 0 radical (unpaired) electrons. The second-order valence-electron chi connectivity index (χ2n) is 15.9. The molecule has 12 aromatic rings. The highest BCUT2D eigenvalue weighted by molar-refractivity contribution is 7.26. The van der Waals surface area contributed by atoms with Crippen LogP contribution in [0.3, 0.4) is 0 Å². The number of benzene rings is 8. The molecule has 0 amide bonds. The topological polar surface area (TPSA) is 29.5 Å². The molecule has 0 N–H and O–H groups in total. The fraction of sp³-hybridized carbons (Fsp3) is 0.0545. The van der Waals surface area contributed by atoms with Crippen molar-refractivity contribution in [1.29, 1.82) is 0 Å². The van der Waals surface area contributed by atoms with Gasteiger partial charge in [0.2, 0.25) is 0 Å². The molecule has 1 atom stereocenters. The molecule has 1 unspecified atom stereocenters. The third-order valence-corrected chi connectivity index (χ3v) is 14.9. The Morgan fingerprint density at radius 1 is 0.517 bits per heavy atom. The van der Waals surface area contributed by atoms with Crippen molar-refractivity contribution in [3.63, 3.8) is 0 Å². The first-order valence-electron chi connectivity index (χ1n) is 20.6. The third kappa shape index (κ3) is 4.94.